The van der Waals surface area contributed by atoms with Crippen LogP contribution in [-0.2, 0) is 16.6 Å². The van der Waals surface area contributed by atoms with Crippen molar-refractivity contribution in [1.29, 1.82) is 0 Å². The predicted molar refractivity (Wildman–Crippen MR) is 107 cm³/mol. The minimum atomic E-state index is -3.67. The van der Waals surface area contributed by atoms with Crippen molar-refractivity contribution in [1.82, 2.24) is 4.83 Å². The third-order valence-electron chi connectivity index (χ3n) is 3.67. The highest BCUT2D eigenvalue weighted by molar-refractivity contribution is 7.89. The highest BCUT2D eigenvalue weighted by Crippen LogP contribution is 2.18. The molecule has 3 aromatic carbocycles. The van der Waals surface area contributed by atoms with Crippen molar-refractivity contribution in [3.8, 4) is 5.75 Å². The lowest BCUT2D eigenvalue weighted by molar-refractivity contribution is 0.306. The number of nitrogens with zero attached hydrogens (tertiary/aromatic N) is 1. The first-order valence-electron chi connectivity index (χ1n) is 8.11. The summed E-state index contributed by atoms with van der Waals surface area (Å²) in [6.07, 6.45) is 1.43. The first-order valence-corrected chi connectivity index (χ1v) is 9.97. The monoisotopic (exact) mass is 400 g/mol. The Labute approximate surface area is 163 Å². The Morgan fingerprint density at radius 2 is 1.59 bits per heavy atom. The summed E-state index contributed by atoms with van der Waals surface area (Å²) < 4.78 is 29.8. The molecule has 0 spiro atoms. The Morgan fingerprint density at radius 1 is 0.926 bits per heavy atom. The molecule has 0 aromatic heterocycles. The molecule has 5 nitrogen and oxygen atoms in total. The van der Waals surface area contributed by atoms with Crippen molar-refractivity contribution < 1.29 is 13.2 Å². The van der Waals surface area contributed by atoms with Crippen LogP contribution in [0.1, 0.15) is 11.1 Å². The van der Waals surface area contributed by atoms with Crippen LogP contribution in [0.2, 0.25) is 5.02 Å². The van der Waals surface area contributed by atoms with E-state index in [4.69, 9.17) is 16.3 Å². The number of benzene rings is 3. The van der Waals surface area contributed by atoms with Crippen molar-refractivity contribution in [2.24, 2.45) is 5.10 Å². The number of rotatable bonds is 7. The van der Waals surface area contributed by atoms with Gasteiger partial charge < -0.3 is 4.74 Å². The molecule has 27 heavy (non-hydrogen) atoms. The predicted octanol–water partition coefficient (Wildman–Crippen LogP) is 4.23. The summed E-state index contributed by atoms with van der Waals surface area (Å²) in [6, 6.07) is 22.7. The quantitative estimate of drug-likeness (QED) is 0.476. The number of hydrazone groups is 1. The molecule has 138 valence electrons. The first-order chi connectivity index (χ1) is 13.0. The second-order valence-corrected chi connectivity index (χ2v) is 7.68. The Bertz CT molecular complexity index is 1020. The maximum Gasteiger partial charge on any atom is 0.276 e. The second-order valence-electron chi connectivity index (χ2n) is 5.62. The van der Waals surface area contributed by atoms with Crippen molar-refractivity contribution in [3.05, 3.63) is 95.0 Å². The average Bonchev–Trinajstić information content (AvgIpc) is 2.69. The van der Waals surface area contributed by atoms with Gasteiger partial charge in [-0.15, -0.1) is 0 Å². The van der Waals surface area contributed by atoms with Gasteiger partial charge in [-0.25, -0.2) is 4.83 Å². The SMILES string of the molecule is O=S(=O)(NN=Cc1ccc(OCc2ccccc2Cl)cc1)c1ccccc1. The minimum Gasteiger partial charge on any atom is -0.489 e. The van der Waals surface area contributed by atoms with Crippen LogP contribution < -0.4 is 9.57 Å². The number of halogens is 1. The van der Waals surface area contributed by atoms with Gasteiger partial charge in [-0.1, -0.05) is 48.0 Å². The highest BCUT2D eigenvalue weighted by atomic mass is 35.5. The van der Waals surface area contributed by atoms with Crippen LogP contribution in [0.25, 0.3) is 0 Å². The third kappa shape index (κ3) is 5.32. The van der Waals surface area contributed by atoms with E-state index in [1.807, 2.05) is 24.3 Å². The standard InChI is InChI=1S/C20H17ClN2O3S/c21-20-9-5-4-6-17(20)15-26-18-12-10-16(11-13-18)14-22-23-27(24,25)19-7-2-1-3-8-19/h1-14,23H,15H2. The lowest BCUT2D eigenvalue weighted by Crippen LogP contribution is -2.18. The average molecular weight is 401 g/mol. The Balaban J connectivity index is 1.57. The highest BCUT2D eigenvalue weighted by Gasteiger charge is 2.10. The van der Waals surface area contributed by atoms with E-state index in [1.165, 1.54) is 18.3 Å². The van der Waals surface area contributed by atoms with Crippen molar-refractivity contribution in [2.75, 3.05) is 0 Å². The summed E-state index contributed by atoms with van der Waals surface area (Å²) >= 11 is 6.10. The van der Waals surface area contributed by atoms with Crippen LogP contribution >= 0.6 is 11.6 Å². The molecule has 0 bridgehead atoms. The van der Waals surface area contributed by atoms with Gasteiger partial charge in [0.25, 0.3) is 10.0 Å². The van der Waals surface area contributed by atoms with Crippen LogP contribution in [0.3, 0.4) is 0 Å². The van der Waals surface area contributed by atoms with Gasteiger partial charge in [0.05, 0.1) is 11.1 Å². The molecule has 0 aliphatic heterocycles. The Morgan fingerprint density at radius 3 is 2.30 bits per heavy atom. The molecule has 0 aliphatic rings. The van der Waals surface area contributed by atoms with E-state index in [9.17, 15) is 8.42 Å². The fraction of sp³-hybridized carbons (Fsp3) is 0.0500. The zero-order chi connectivity index (χ0) is 19.1. The summed E-state index contributed by atoms with van der Waals surface area (Å²) in [5.74, 6) is 0.678. The fourth-order valence-corrected chi connectivity index (χ4v) is 3.25. The number of ether oxygens (including phenoxy) is 1. The van der Waals surface area contributed by atoms with E-state index in [-0.39, 0.29) is 4.90 Å². The lowest BCUT2D eigenvalue weighted by Gasteiger charge is -2.07. The van der Waals surface area contributed by atoms with Gasteiger partial charge in [0.1, 0.15) is 12.4 Å². The summed E-state index contributed by atoms with van der Waals surface area (Å²) in [5.41, 5.74) is 1.64. The molecule has 1 N–H and O–H groups in total. The van der Waals surface area contributed by atoms with Crippen molar-refractivity contribution in [3.63, 3.8) is 0 Å². The zero-order valence-corrected chi connectivity index (χ0v) is 15.8. The zero-order valence-electron chi connectivity index (χ0n) is 14.2. The smallest absolute Gasteiger partial charge is 0.276 e. The largest absolute Gasteiger partial charge is 0.489 e. The van der Waals surface area contributed by atoms with E-state index < -0.39 is 10.0 Å². The molecule has 0 saturated carbocycles. The summed E-state index contributed by atoms with van der Waals surface area (Å²) in [6.45, 7) is 0.365. The molecule has 0 fully saturated rings. The first kappa shape index (κ1) is 18.9. The van der Waals surface area contributed by atoms with Crippen LogP contribution in [-0.4, -0.2) is 14.6 Å². The number of hydrogen-bond acceptors (Lipinski definition) is 4. The van der Waals surface area contributed by atoms with E-state index in [0.717, 1.165) is 11.1 Å². The maximum absolute atomic E-state index is 12.1. The molecule has 0 radical (unpaired) electrons. The molecule has 0 unspecified atom stereocenters. The van der Waals surface area contributed by atoms with Crippen molar-refractivity contribution in [2.45, 2.75) is 11.5 Å². The molecule has 0 saturated heterocycles. The number of nitrogens with one attached hydrogen (secondary N) is 1. The lowest BCUT2D eigenvalue weighted by atomic mass is 10.2. The molecular formula is C20H17ClN2O3S. The summed E-state index contributed by atoms with van der Waals surface area (Å²) in [4.78, 5) is 2.34. The van der Waals surface area contributed by atoms with E-state index in [1.54, 1.807) is 42.5 Å². The number of hydrogen-bond donors (Lipinski definition) is 1. The van der Waals surface area contributed by atoms with Crippen LogP contribution in [0.4, 0.5) is 0 Å². The van der Waals surface area contributed by atoms with Crippen LogP contribution in [0.5, 0.6) is 5.75 Å². The molecule has 0 heterocycles. The molecule has 7 heteroatoms. The van der Waals surface area contributed by atoms with Gasteiger partial charge in [-0.05, 0) is 48.0 Å². The second kappa shape index (κ2) is 8.70. The van der Waals surface area contributed by atoms with Gasteiger partial charge >= 0.3 is 0 Å². The van der Waals surface area contributed by atoms with Gasteiger partial charge in [0.15, 0.2) is 0 Å². The Hall–Kier alpha value is -2.83. The van der Waals surface area contributed by atoms with Gasteiger partial charge in [0, 0.05) is 10.6 Å². The molecule has 3 rings (SSSR count). The maximum atomic E-state index is 12.1. The van der Waals surface area contributed by atoms with Gasteiger partial charge in [0.2, 0.25) is 0 Å². The van der Waals surface area contributed by atoms with Crippen molar-refractivity contribution >= 4 is 27.8 Å². The van der Waals surface area contributed by atoms with Crippen LogP contribution in [0.15, 0.2) is 88.9 Å². The molecule has 0 atom stereocenters. The number of sulfonamides is 1. The molecule has 0 amide bonds. The van der Waals surface area contributed by atoms with E-state index >= 15 is 0 Å². The molecule has 0 aliphatic carbocycles. The van der Waals surface area contributed by atoms with Gasteiger partial charge in [-0.3, -0.25) is 0 Å². The molecule has 3 aromatic rings. The van der Waals surface area contributed by atoms with E-state index in [0.29, 0.717) is 17.4 Å². The summed E-state index contributed by atoms with van der Waals surface area (Å²) in [7, 11) is -3.67. The minimum absolute atomic E-state index is 0.158. The normalized spacial score (nSPS) is 11.4. The van der Waals surface area contributed by atoms with Crippen LogP contribution in [0, 0.1) is 0 Å². The summed E-state index contributed by atoms with van der Waals surface area (Å²) in [5, 5.41) is 4.46. The van der Waals surface area contributed by atoms with Gasteiger partial charge in [-0.2, -0.15) is 13.5 Å². The van der Waals surface area contributed by atoms with E-state index in [2.05, 4.69) is 9.93 Å². The Kier molecular flexibility index (Phi) is 6.11. The topological polar surface area (TPSA) is 67.8 Å². The molecular weight excluding hydrogens is 384 g/mol. The third-order valence-corrected chi connectivity index (χ3v) is 5.28. The fourth-order valence-electron chi connectivity index (χ4n) is 2.25.